The molecule has 1 amide bonds. The molecule has 0 atom stereocenters. The monoisotopic (exact) mass is 291 g/mol. The first kappa shape index (κ1) is 15.2. The van der Waals surface area contributed by atoms with Gasteiger partial charge in [0.25, 0.3) is 0 Å². The lowest BCUT2D eigenvalue weighted by Gasteiger charge is -2.31. The summed E-state index contributed by atoms with van der Waals surface area (Å²) < 4.78 is 5.24. The van der Waals surface area contributed by atoms with Crippen molar-refractivity contribution < 1.29 is 14.7 Å². The second-order valence-electron chi connectivity index (χ2n) is 5.31. The molecule has 4 N–H and O–H groups in total. The Hall–Kier alpha value is -2.24. The molecule has 0 aliphatic heterocycles. The van der Waals surface area contributed by atoms with E-state index in [9.17, 15) is 4.79 Å². The van der Waals surface area contributed by atoms with Gasteiger partial charge in [0, 0.05) is 0 Å². The second kappa shape index (κ2) is 6.97. The van der Waals surface area contributed by atoms with Crippen molar-refractivity contribution >= 4 is 11.9 Å². The Morgan fingerprint density at radius 1 is 1.19 bits per heavy atom. The fraction of sp³-hybridized carbons (Fsp3) is 0.467. The summed E-state index contributed by atoms with van der Waals surface area (Å²) in [5, 5.41) is 14.9. The third kappa shape index (κ3) is 3.87. The van der Waals surface area contributed by atoms with Crippen LogP contribution in [0.1, 0.15) is 38.5 Å². The van der Waals surface area contributed by atoms with Crippen molar-refractivity contribution in [3.05, 3.63) is 30.3 Å². The van der Waals surface area contributed by atoms with Crippen LogP contribution in [0.2, 0.25) is 0 Å². The number of oxime groups is 1. The van der Waals surface area contributed by atoms with Crippen molar-refractivity contribution in [2.75, 3.05) is 0 Å². The fourth-order valence-electron chi connectivity index (χ4n) is 2.69. The van der Waals surface area contributed by atoms with Crippen LogP contribution >= 0.6 is 0 Å². The van der Waals surface area contributed by atoms with Gasteiger partial charge >= 0.3 is 6.09 Å². The smallest absolute Gasteiger partial charge is 0.410 e. The molecule has 0 saturated heterocycles. The van der Waals surface area contributed by atoms with Crippen LogP contribution in [0.3, 0.4) is 0 Å². The number of carbonyl (C=O) groups excluding carboxylic acids is 1. The molecule has 1 aliphatic rings. The predicted molar refractivity (Wildman–Crippen MR) is 79.4 cm³/mol. The normalized spacial score (nSPS) is 18.6. The third-order valence-electron chi connectivity index (χ3n) is 3.85. The van der Waals surface area contributed by atoms with E-state index in [1.54, 1.807) is 24.3 Å². The minimum atomic E-state index is -0.822. The topological polar surface area (TPSA) is 96.9 Å². The lowest BCUT2D eigenvalue weighted by molar-refractivity contribution is 0.188. The molecule has 2 rings (SSSR count). The molecular formula is C15H21N3O3. The van der Waals surface area contributed by atoms with Crippen LogP contribution in [0.5, 0.6) is 5.75 Å². The molecule has 0 bridgehead atoms. The minimum Gasteiger partial charge on any atom is -0.410 e. The Morgan fingerprint density at radius 2 is 1.81 bits per heavy atom. The third-order valence-corrected chi connectivity index (χ3v) is 3.85. The Bertz CT molecular complexity index is 494. The average molecular weight is 291 g/mol. The first-order chi connectivity index (χ1) is 10.2. The summed E-state index contributed by atoms with van der Waals surface area (Å²) in [6.07, 6.45) is 4.70. The van der Waals surface area contributed by atoms with Crippen molar-refractivity contribution in [3.8, 4) is 5.75 Å². The fourth-order valence-corrected chi connectivity index (χ4v) is 2.69. The van der Waals surface area contributed by atoms with Crippen molar-refractivity contribution in [1.29, 1.82) is 0 Å². The van der Waals surface area contributed by atoms with Crippen LogP contribution in [0.15, 0.2) is 35.5 Å². The molecule has 0 aromatic heterocycles. The zero-order valence-corrected chi connectivity index (χ0v) is 11.9. The molecule has 1 fully saturated rings. The number of amides is 1. The van der Waals surface area contributed by atoms with Gasteiger partial charge in [-0.2, -0.15) is 0 Å². The van der Waals surface area contributed by atoms with Gasteiger partial charge in [-0.15, -0.1) is 0 Å². The minimum absolute atomic E-state index is 0.0365. The summed E-state index contributed by atoms with van der Waals surface area (Å²) in [6, 6.07) is 8.81. The highest BCUT2D eigenvalue weighted by molar-refractivity contribution is 5.93. The van der Waals surface area contributed by atoms with E-state index >= 15 is 0 Å². The maximum absolute atomic E-state index is 12.1. The molecule has 1 aromatic carbocycles. The number of hydrogen-bond acceptors (Lipinski definition) is 4. The average Bonchev–Trinajstić information content (AvgIpc) is 2.73. The van der Waals surface area contributed by atoms with Crippen LogP contribution in [0.4, 0.5) is 4.79 Å². The molecular weight excluding hydrogens is 270 g/mol. The van der Waals surface area contributed by atoms with Gasteiger partial charge in [0.2, 0.25) is 0 Å². The summed E-state index contributed by atoms with van der Waals surface area (Å²) in [6.45, 7) is 0. The summed E-state index contributed by atoms with van der Waals surface area (Å²) in [7, 11) is 0. The zero-order chi connectivity index (χ0) is 15.1. The van der Waals surface area contributed by atoms with Crippen molar-refractivity contribution in [2.45, 2.75) is 44.1 Å². The number of nitrogens with zero attached hydrogens (tertiary/aromatic N) is 1. The number of hydrogen-bond donors (Lipinski definition) is 3. The lowest BCUT2D eigenvalue weighted by atomic mass is 9.89. The van der Waals surface area contributed by atoms with Crippen molar-refractivity contribution in [1.82, 2.24) is 5.32 Å². The number of amidine groups is 1. The molecule has 0 radical (unpaired) electrons. The number of rotatable bonds is 3. The first-order valence-electron chi connectivity index (χ1n) is 7.19. The van der Waals surface area contributed by atoms with Gasteiger partial charge in [-0.3, -0.25) is 0 Å². The maximum atomic E-state index is 12.1. The van der Waals surface area contributed by atoms with Gasteiger partial charge in [-0.05, 0) is 25.0 Å². The van der Waals surface area contributed by atoms with E-state index < -0.39 is 11.6 Å². The van der Waals surface area contributed by atoms with Crippen LogP contribution in [0, 0.1) is 0 Å². The van der Waals surface area contributed by atoms with Gasteiger partial charge < -0.3 is 21.0 Å². The molecule has 1 saturated carbocycles. The number of nitrogens with one attached hydrogen (secondary N) is 1. The Balaban J connectivity index is 2.09. The molecule has 0 unspecified atom stereocenters. The van der Waals surface area contributed by atoms with Crippen LogP contribution in [0.25, 0.3) is 0 Å². The van der Waals surface area contributed by atoms with Gasteiger partial charge in [0.05, 0.1) is 0 Å². The number of benzene rings is 1. The van der Waals surface area contributed by atoms with Crippen molar-refractivity contribution in [2.24, 2.45) is 10.9 Å². The number of para-hydroxylation sites is 1. The van der Waals surface area contributed by atoms with E-state index in [0.29, 0.717) is 18.6 Å². The van der Waals surface area contributed by atoms with Crippen LogP contribution in [-0.4, -0.2) is 22.7 Å². The Morgan fingerprint density at radius 3 is 2.38 bits per heavy atom. The summed E-state index contributed by atoms with van der Waals surface area (Å²) in [4.78, 5) is 12.1. The standard InChI is InChI=1S/C15H21N3O3/c16-13(18-20)15(10-6-1-2-7-11-15)17-14(19)21-12-8-4-3-5-9-12/h3-5,8-9,20H,1-2,6-7,10-11H2,(H2,16,18)(H,17,19). The highest BCUT2D eigenvalue weighted by Gasteiger charge is 2.37. The van der Waals surface area contributed by atoms with E-state index in [-0.39, 0.29) is 5.84 Å². The van der Waals surface area contributed by atoms with E-state index in [0.717, 1.165) is 25.7 Å². The summed E-state index contributed by atoms with van der Waals surface area (Å²) >= 11 is 0. The summed E-state index contributed by atoms with van der Waals surface area (Å²) in [5.41, 5.74) is 5.00. The largest absolute Gasteiger partial charge is 0.413 e. The Labute approximate surface area is 124 Å². The van der Waals surface area contributed by atoms with Gasteiger partial charge in [-0.25, -0.2) is 4.79 Å². The SMILES string of the molecule is N/C(=N/O)C1(NC(=O)Oc2ccccc2)CCCCCC1. The highest BCUT2D eigenvalue weighted by Crippen LogP contribution is 2.27. The van der Waals surface area contributed by atoms with E-state index in [1.165, 1.54) is 0 Å². The van der Waals surface area contributed by atoms with E-state index in [1.807, 2.05) is 6.07 Å². The molecule has 114 valence electrons. The molecule has 0 heterocycles. The maximum Gasteiger partial charge on any atom is 0.413 e. The molecule has 21 heavy (non-hydrogen) atoms. The van der Waals surface area contributed by atoms with Crippen LogP contribution < -0.4 is 15.8 Å². The number of nitrogens with two attached hydrogens (primary N) is 1. The number of carbonyl (C=O) groups is 1. The lowest BCUT2D eigenvalue weighted by Crippen LogP contribution is -2.58. The molecule has 6 nitrogen and oxygen atoms in total. The molecule has 0 spiro atoms. The van der Waals surface area contributed by atoms with E-state index in [4.69, 9.17) is 15.7 Å². The molecule has 1 aliphatic carbocycles. The van der Waals surface area contributed by atoms with Crippen molar-refractivity contribution in [3.63, 3.8) is 0 Å². The molecule has 6 heteroatoms. The van der Waals surface area contributed by atoms with Crippen LogP contribution in [-0.2, 0) is 0 Å². The Kier molecular flexibility index (Phi) is 5.03. The first-order valence-corrected chi connectivity index (χ1v) is 7.19. The van der Waals surface area contributed by atoms with Gasteiger partial charge in [-0.1, -0.05) is 49.0 Å². The van der Waals surface area contributed by atoms with Gasteiger partial charge in [0.15, 0.2) is 5.84 Å². The quantitative estimate of drug-likeness (QED) is 0.262. The summed E-state index contributed by atoms with van der Waals surface area (Å²) in [5.74, 6) is 0.493. The number of ether oxygens (including phenoxy) is 1. The highest BCUT2D eigenvalue weighted by atomic mass is 16.6. The molecule has 1 aromatic rings. The second-order valence-corrected chi connectivity index (χ2v) is 5.31. The zero-order valence-electron chi connectivity index (χ0n) is 11.9. The van der Waals surface area contributed by atoms with Gasteiger partial charge in [0.1, 0.15) is 11.3 Å². The predicted octanol–water partition coefficient (Wildman–Crippen LogP) is 2.61. The van der Waals surface area contributed by atoms with E-state index in [2.05, 4.69) is 10.5 Å².